The number of carbonyl (C=O) groups is 1. The summed E-state index contributed by atoms with van der Waals surface area (Å²) >= 11 is 0. The second-order valence-electron chi connectivity index (χ2n) is 5.01. The maximum absolute atomic E-state index is 12.5. The first-order valence-corrected chi connectivity index (χ1v) is 6.52. The van der Waals surface area contributed by atoms with Crippen LogP contribution in [0, 0.1) is 0 Å². The Morgan fingerprint density at radius 2 is 1.95 bits per heavy atom. The first-order chi connectivity index (χ1) is 9.39. The topological polar surface area (TPSA) is 32.3 Å². The fourth-order valence-electron chi connectivity index (χ4n) is 2.55. The monoisotopic (exact) mass is 286 g/mol. The number of amides is 1. The van der Waals surface area contributed by atoms with Gasteiger partial charge in [0.25, 0.3) is 0 Å². The third kappa shape index (κ3) is 3.30. The second-order valence-corrected chi connectivity index (χ2v) is 5.01. The maximum atomic E-state index is 12.5. The third-order valence-corrected chi connectivity index (χ3v) is 3.69. The number of piperidine rings is 1. The Morgan fingerprint density at radius 3 is 2.55 bits per heavy atom. The summed E-state index contributed by atoms with van der Waals surface area (Å²) in [6.45, 7) is 0.597. The molecule has 1 aromatic carbocycles. The summed E-state index contributed by atoms with van der Waals surface area (Å²) in [4.78, 5) is 12.1. The van der Waals surface area contributed by atoms with Crippen molar-refractivity contribution < 1.29 is 18.0 Å². The lowest BCUT2D eigenvalue weighted by atomic mass is 9.93. The van der Waals surface area contributed by atoms with Crippen molar-refractivity contribution in [3.63, 3.8) is 0 Å². The molecular formula is C14H17F3N2O. The van der Waals surface area contributed by atoms with Gasteiger partial charge in [0, 0.05) is 19.1 Å². The van der Waals surface area contributed by atoms with Crippen molar-refractivity contribution in [3.05, 3.63) is 35.9 Å². The Hall–Kier alpha value is -1.56. The quantitative estimate of drug-likeness (QED) is 0.906. The van der Waals surface area contributed by atoms with Gasteiger partial charge in [0.05, 0.1) is 0 Å². The van der Waals surface area contributed by atoms with Crippen LogP contribution in [-0.2, 0) is 4.79 Å². The van der Waals surface area contributed by atoms with Crippen LogP contribution in [0.4, 0.5) is 13.2 Å². The molecule has 0 bridgehead atoms. The van der Waals surface area contributed by atoms with Crippen molar-refractivity contribution in [3.8, 4) is 0 Å². The fourth-order valence-corrected chi connectivity index (χ4v) is 2.55. The number of benzene rings is 1. The predicted molar refractivity (Wildman–Crippen MR) is 69.0 cm³/mol. The number of alkyl halides is 3. The molecule has 0 spiro atoms. The van der Waals surface area contributed by atoms with Gasteiger partial charge in [0.1, 0.15) is 0 Å². The van der Waals surface area contributed by atoms with Crippen LogP contribution in [0.5, 0.6) is 0 Å². The largest absolute Gasteiger partial charge is 0.471 e. The van der Waals surface area contributed by atoms with Crippen molar-refractivity contribution in [2.75, 3.05) is 13.6 Å². The zero-order chi connectivity index (χ0) is 14.8. The number of hydrogen-bond acceptors (Lipinski definition) is 2. The van der Waals surface area contributed by atoms with E-state index in [2.05, 4.69) is 5.32 Å². The Morgan fingerprint density at radius 1 is 1.30 bits per heavy atom. The van der Waals surface area contributed by atoms with Crippen molar-refractivity contribution in [2.45, 2.75) is 31.1 Å². The van der Waals surface area contributed by atoms with Gasteiger partial charge >= 0.3 is 12.1 Å². The molecular weight excluding hydrogens is 269 g/mol. The van der Waals surface area contributed by atoms with Crippen LogP contribution in [-0.4, -0.2) is 36.6 Å². The lowest BCUT2D eigenvalue weighted by Gasteiger charge is -2.36. The number of nitrogens with one attached hydrogen (secondary N) is 1. The summed E-state index contributed by atoms with van der Waals surface area (Å²) in [5, 5.41) is 3.28. The van der Waals surface area contributed by atoms with Crippen LogP contribution in [0.1, 0.15) is 24.4 Å². The van der Waals surface area contributed by atoms with E-state index in [4.69, 9.17) is 0 Å². The highest BCUT2D eigenvalue weighted by molar-refractivity contribution is 5.81. The summed E-state index contributed by atoms with van der Waals surface area (Å²) in [6.07, 6.45) is -3.79. The number of hydrogen-bond donors (Lipinski definition) is 1. The zero-order valence-electron chi connectivity index (χ0n) is 11.2. The van der Waals surface area contributed by atoms with Crippen LogP contribution in [0.25, 0.3) is 0 Å². The van der Waals surface area contributed by atoms with Gasteiger partial charge in [0.15, 0.2) is 0 Å². The summed E-state index contributed by atoms with van der Waals surface area (Å²) < 4.78 is 37.4. The van der Waals surface area contributed by atoms with Crippen LogP contribution in [0.2, 0.25) is 0 Å². The first kappa shape index (κ1) is 14.8. The van der Waals surface area contributed by atoms with E-state index in [-0.39, 0.29) is 6.04 Å². The number of carbonyl (C=O) groups excluding carboxylic acids is 1. The van der Waals surface area contributed by atoms with Crippen molar-refractivity contribution >= 4 is 5.91 Å². The van der Waals surface area contributed by atoms with Gasteiger partial charge in [-0.3, -0.25) is 4.79 Å². The second kappa shape index (κ2) is 5.83. The zero-order valence-corrected chi connectivity index (χ0v) is 11.2. The number of rotatable bonds is 2. The van der Waals surface area contributed by atoms with Gasteiger partial charge in [0.2, 0.25) is 0 Å². The molecule has 1 heterocycles. The van der Waals surface area contributed by atoms with E-state index in [0.717, 1.165) is 10.5 Å². The van der Waals surface area contributed by atoms with Gasteiger partial charge in [-0.1, -0.05) is 30.3 Å². The molecule has 1 aromatic rings. The van der Waals surface area contributed by atoms with Crippen LogP contribution in [0.15, 0.2) is 30.3 Å². The molecule has 2 atom stereocenters. The van der Waals surface area contributed by atoms with E-state index in [1.54, 1.807) is 0 Å². The predicted octanol–water partition coefficient (Wildman–Crippen LogP) is 2.50. The average molecular weight is 286 g/mol. The average Bonchev–Trinajstić information content (AvgIpc) is 2.46. The van der Waals surface area contributed by atoms with Gasteiger partial charge in [-0.25, -0.2) is 0 Å². The molecule has 0 aromatic heterocycles. The maximum Gasteiger partial charge on any atom is 0.471 e. The molecule has 0 aliphatic carbocycles. The minimum atomic E-state index is -4.80. The summed E-state index contributed by atoms with van der Waals surface area (Å²) in [5.41, 5.74) is 1.03. The highest BCUT2D eigenvalue weighted by Crippen LogP contribution is 2.28. The number of halogens is 3. The lowest BCUT2D eigenvalue weighted by Crippen LogP contribution is -2.49. The smallest absolute Gasteiger partial charge is 0.335 e. The molecule has 20 heavy (non-hydrogen) atoms. The Bertz CT molecular complexity index is 461. The molecule has 0 unspecified atom stereocenters. The van der Waals surface area contributed by atoms with Gasteiger partial charge in [-0.2, -0.15) is 13.2 Å². The molecule has 1 aliphatic rings. The van der Waals surface area contributed by atoms with Crippen molar-refractivity contribution in [2.24, 2.45) is 0 Å². The van der Waals surface area contributed by atoms with Crippen molar-refractivity contribution in [1.82, 2.24) is 10.2 Å². The van der Waals surface area contributed by atoms with E-state index in [1.165, 1.54) is 7.05 Å². The Kier molecular flexibility index (Phi) is 4.32. The SMILES string of the molecule is CN(C(=O)C(F)(F)F)[C@@H]1CCN[C@H](c2ccccc2)C1. The minimum absolute atomic E-state index is 0.0153. The standard InChI is InChI=1S/C14H17F3N2O/c1-19(13(20)14(15,16)17)11-7-8-18-12(9-11)10-5-3-2-4-6-10/h2-6,11-12,18H,7-9H2,1H3/t11-,12+/m1/s1. The van der Waals surface area contributed by atoms with E-state index < -0.39 is 18.1 Å². The fraction of sp³-hybridized carbons (Fsp3) is 0.500. The summed E-state index contributed by atoms with van der Waals surface area (Å²) in [6, 6.07) is 9.14. The van der Waals surface area contributed by atoms with Gasteiger partial charge < -0.3 is 10.2 Å². The molecule has 0 radical (unpaired) electrons. The highest BCUT2D eigenvalue weighted by atomic mass is 19.4. The molecule has 6 heteroatoms. The van der Waals surface area contributed by atoms with E-state index >= 15 is 0 Å². The van der Waals surface area contributed by atoms with Gasteiger partial charge in [-0.05, 0) is 24.9 Å². The molecule has 1 fully saturated rings. The highest BCUT2D eigenvalue weighted by Gasteiger charge is 2.43. The lowest BCUT2D eigenvalue weighted by molar-refractivity contribution is -0.186. The Balaban J connectivity index is 2.06. The molecule has 3 nitrogen and oxygen atoms in total. The third-order valence-electron chi connectivity index (χ3n) is 3.69. The first-order valence-electron chi connectivity index (χ1n) is 6.52. The van der Waals surface area contributed by atoms with Gasteiger partial charge in [-0.15, -0.1) is 0 Å². The van der Waals surface area contributed by atoms with Crippen LogP contribution >= 0.6 is 0 Å². The molecule has 1 saturated heterocycles. The molecule has 1 N–H and O–H groups in total. The molecule has 1 aliphatic heterocycles. The molecule has 1 amide bonds. The van der Waals surface area contributed by atoms with Crippen LogP contribution in [0.3, 0.4) is 0 Å². The summed E-state index contributed by atoms with van der Waals surface area (Å²) in [5.74, 6) is -1.77. The Labute approximate surface area is 115 Å². The normalized spacial score (nSPS) is 23.4. The molecule has 2 rings (SSSR count). The van der Waals surface area contributed by atoms with E-state index in [0.29, 0.717) is 19.4 Å². The van der Waals surface area contributed by atoms with E-state index in [9.17, 15) is 18.0 Å². The minimum Gasteiger partial charge on any atom is -0.335 e. The van der Waals surface area contributed by atoms with Crippen molar-refractivity contribution in [1.29, 1.82) is 0 Å². The molecule has 110 valence electrons. The van der Waals surface area contributed by atoms with Crippen LogP contribution < -0.4 is 5.32 Å². The summed E-state index contributed by atoms with van der Waals surface area (Å²) in [7, 11) is 1.23. The molecule has 0 saturated carbocycles. The number of nitrogens with zero attached hydrogens (tertiary/aromatic N) is 1. The van der Waals surface area contributed by atoms with E-state index in [1.807, 2.05) is 30.3 Å².